The summed E-state index contributed by atoms with van der Waals surface area (Å²) >= 11 is 0. The molecule has 1 aromatic carbocycles. The highest BCUT2D eigenvalue weighted by molar-refractivity contribution is 5.22. The van der Waals surface area contributed by atoms with Crippen molar-refractivity contribution in [3.63, 3.8) is 0 Å². The molecule has 1 aromatic rings. The first-order chi connectivity index (χ1) is 11.7. The lowest BCUT2D eigenvalue weighted by Crippen LogP contribution is -2.33. The standard InChI is InChI=1S/C22H36N2/c1-23(21-9-5-3-6-10-21)17-19-13-15-20(16-14-19)18-24(2)22-11-7-4-8-12-22/h13-16,21-22H,3-12,17-18H2,1-2H3. The topological polar surface area (TPSA) is 6.48 Å². The lowest BCUT2D eigenvalue weighted by Gasteiger charge is -2.32. The van der Waals surface area contributed by atoms with Gasteiger partial charge in [-0.05, 0) is 50.9 Å². The third-order valence-electron chi connectivity index (χ3n) is 6.28. The Hall–Kier alpha value is -0.860. The van der Waals surface area contributed by atoms with E-state index in [1.165, 1.54) is 75.3 Å². The van der Waals surface area contributed by atoms with Crippen LogP contribution in [0.1, 0.15) is 75.3 Å². The van der Waals surface area contributed by atoms with Gasteiger partial charge in [-0.25, -0.2) is 0 Å². The van der Waals surface area contributed by atoms with Crippen molar-refractivity contribution in [3.05, 3.63) is 35.4 Å². The fourth-order valence-corrected chi connectivity index (χ4v) is 4.63. The Morgan fingerprint density at radius 1 is 0.625 bits per heavy atom. The predicted octanol–water partition coefficient (Wildman–Crippen LogP) is 5.22. The normalized spacial score (nSPS) is 20.8. The van der Waals surface area contributed by atoms with Crippen LogP contribution in [-0.4, -0.2) is 36.0 Å². The van der Waals surface area contributed by atoms with E-state index in [9.17, 15) is 0 Å². The minimum absolute atomic E-state index is 0.802. The van der Waals surface area contributed by atoms with Crippen LogP contribution in [0.2, 0.25) is 0 Å². The number of benzene rings is 1. The van der Waals surface area contributed by atoms with Gasteiger partial charge in [0.1, 0.15) is 0 Å². The van der Waals surface area contributed by atoms with Crippen LogP contribution in [0.15, 0.2) is 24.3 Å². The van der Waals surface area contributed by atoms with Gasteiger partial charge >= 0.3 is 0 Å². The average Bonchev–Trinajstić information content (AvgIpc) is 2.65. The molecule has 0 heterocycles. The molecule has 2 aliphatic rings. The first kappa shape index (κ1) is 17.9. The summed E-state index contributed by atoms with van der Waals surface area (Å²) in [6, 6.07) is 11.0. The molecule has 2 fully saturated rings. The van der Waals surface area contributed by atoms with Gasteiger partial charge in [-0.3, -0.25) is 9.80 Å². The average molecular weight is 329 g/mol. The number of nitrogens with zero attached hydrogens (tertiary/aromatic N) is 2. The molecule has 0 bridgehead atoms. The lowest BCUT2D eigenvalue weighted by molar-refractivity contribution is 0.183. The van der Waals surface area contributed by atoms with Crippen LogP contribution in [0.3, 0.4) is 0 Å². The van der Waals surface area contributed by atoms with Crippen LogP contribution in [0.25, 0.3) is 0 Å². The number of hydrogen-bond acceptors (Lipinski definition) is 2. The Bertz CT molecular complexity index is 424. The predicted molar refractivity (Wildman–Crippen MR) is 103 cm³/mol. The maximum atomic E-state index is 2.57. The molecule has 0 aliphatic heterocycles. The van der Waals surface area contributed by atoms with E-state index in [1.807, 2.05) is 0 Å². The van der Waals surface area contributed by atoms with Gasteiger partial charge in [0.25, 0.3) is 0 Å². The zero-order valence-corrected chi connectivity index (χ0v) is 15.8. The molecule has 3 rings (SSSR count). The summed E-state index contributed by atoms with van der Waals surface area (Å²) in [4.78, 5) is 5.14. The van der Waals surface area contributed by atoms with Gasteiger partial charge in [-0.1, -0.05) is 62.8 Å². The molecule has 2 nitrogen and oxygen atoms in total. The van der Waals surface area contributed by atoms with E-state index in [0.717, 1.165) is 25.2 Å². The molecule has 0 spiro atoms. The maximum absolute atomic E-state index is 2.57. The second kappa shape index (κ2) is 9.01. The summed E-state index contributed by atoms with van der Waals surface area (Å²) in [6.45, 7) is 2.20. The van der Waals surface area contributed by atoms with Gasteiger partial charge < -0.3 is 0 Å². The van der Waals surface area contributed by atoms with Gasteiger partial charge in [-0.15, -0.1) is 0 Å². The van der Waals surface area contributed by atoms with Crippen LogP contribution in [0.5, 0.6) is 0 Å². The summed E-state index contributed by atoms with van der Waals surface area (Å²) < 4.78 is 0. The van der Waals surface area contributed by atoms with E-state index >= 15 is 0 Å². The summed E-state index contributed by atoms with van der Waals surface area (Å²) in [5.41, 5.74) is 2.93. The van der Waals surface area contributed by atoms with Gasteiger partial charge in [-0.2, -0.15) is 0 Å². The molecular formula is C22H36N2. The molecule has 0 aromatic heterocycles. The monoisotopic (exact) mass is 328 g/mol. The fraction of sp³-hybridized carbons (Fsp3) is 0.727. The zero-order chi connectivity index (χ0) is 16.8. The van der Waals surface area contributed by atoms with Crippen molar-refractivity contribution >= 4 is 0 Å². The van der Waals surface area contributed by atoms with Crippen molar-refractivity contribution < 1.29 is 0 Å². The fourth-order valence-electron chi connectivity index (χ4n) is 4.63. The first-order valence-electron chi connectivity index (χ1n) is 10.2. The van der Waals surface area contributed by atoms with Crippen LogP contribution >= 0.6 is 0 Å². The molecule has 0 amide bonds. The van der Waals surface area contributed by atoms with Gasteiger partial charge in [0.15, 0.2) is 0 Å². The summed E-state index contributed by atoms with van der Waals surface area (Å²) in [5.74, 6) is 0. The van der Waals surface area contributed by atoms with E-state index in [0.29, 0.717) is 0 Å². The molecule has 134 valence electrons. The Morgan fingerprint density at radius 3 is 1.29 bits per heavy atom. The Labute approximate surface area is 149 Å². The summed E-state index contributed by atoms with van der Waals surface area (Å²) in [7, 11) is 4.61. The molecule has 0 saturated heterocycles. The van der Waals surface area contributed by atoms with Crippen molar-refractivity contribution in [3.8, 4) is 0 Å². The third-order valence-corrected chi connectivity index (χ3v) is 6.28. The van der Waals surface area contributed by atoms with Gasteiger partial charge in [0, 0.05) is 25.2 Å². The van der Waals surface area contributed by atoms with Gasteiger partial charge in [0.2, 0.25) is 0 Å². The first-order valence-corrected chi connectivity index (χ1v) is 10.2. The molecule has 0 atom stereocenters. The van der Waals surface area contributed by atoms with Crippen LogP contribution in [-0.2, 0) is 13.1 Å². The SMILES string of the molecule is CN(Cc1ccc(CN(C)C2CCCCC2)cc1)C1CCCCC1. The highest BCUT2D eigenvalue weighted by Crippen LogP contribution is 2.24. The quantitative estimate of drug-likeness (QED) is 0.707. The Kier molecular flexibility index (Phi) is 6.74. The van der Waals surface area contributed by atoms with Crippen molar-refractivity contribution in [2.75, 3.05) is 14.1 Å². The van der Waals surface area contributed by atoms with E-state index in [1.54, 1.807) is 0 Å². The second-order valence-corrected chi connectivity index (χ2v) is 8.23. The van der Waals surface area contributed by atoms with E-state index in [4.69, 9.17) is 0 Å². The van der Waals surface area contributed by atoms with E-state index < -0.39 is 0 Å². The van der Waals surface area contributed by atoms with E-state index in [2.05, 4.69) is 48.2 Å². The molecule has 2 saturated carbocycles. The number of rotatable bonds is 6. The highest BCUT2D eigenvalue weighted by Gasteiger charge is 2.19. The van der Waals surface area contributed by atoms with Gasteiger partial charge in [0.05, 0.1) is 0 Å². The van der Waals surface area contributed by atoms with Crippen molar-refractivity contribution in [1.82, 2.24) is 9.80 Å². The molecule has 0 unspecified atom stereocenters. The second-order valence-electron chi connectivity index (χ2n) is 8.23. The summed E-state index contributed by atoms with van der Waals surface area (Å²) in [5, 5.41) is 0. The van der Waals surface area contributed by atoms with E-state index in [-0.39, 0.29) is 0 Å². The highest BCUT2D eigenvalue weighted by atomic mass is 15.1. The molecule has 2 aliphatic carbocycles. The van der Waals surface area contributed by atoms with Crippen molar-refractivity contribution in [2.45, 2.75) is 89.4 Å². The van der Waals surface area contributed by atoms with Crippen LogP contribution < -0.4 is 0 Å². The van der Waals surface area contributed by atoms with Crippen LogP contribution in [0.4, 0.5) is 0 Å². The Balaban J connectivity index is 1.49. The molecule has 0 N–H and O–H groups in total. The Morgan fingerprint density at radius 2 is 0.958 bits per heavy atom. The maximum Gasteiger partial charge on any atom is 0.0233 e. The van der Waals surface area contributed by atoms with Crippen LogP contribution in [0, 0.1) is 0 Å². The number of hydrogen-bond donors (Lipinski definition) is 0. The minimum atomic E-state index is 0.802. The molecular weight excluding hydrogens is 292 g/mol. The smallest absolute Gasteiger partial charge is 0.0233 e. The molecule has 0 radical (unpaired) electrons. The molecule has 2 heteroatoms. The summed E-state index contributed by atoms with van der Waals surface area (Å²) in [6.07, 6.45) is 14.1. The van der Waals surface area contributed by atoms with Crippen molar-refractivity contribution in [1.29, 1.82) is 0 Å². The largest absolute Gasteiger partial charge is 0.299 e. The van der Waals surface area contributed by atoms with Crippen molar-refractivity contribution in [2.24, 2.45) is 0 Å². The zero-order valence-electron chi connectivity index (χ0n) is 15.8. The minimum Gasteiger partial charge on any atom is -0.299 e. The lowest BCUT2D eigenvalue weighted by atomic mass is 9.94. The molecule has 24 heavy (non-hydrogen) atoms. The third kappa shape index (κ3) is 5.07.